The molecule has 5 heteroatoms. The zero-order valence-electron chi connectivity index (χ0n) is 10.2. The highest BCUT2D eigenvalue weighted by Gasteiger charge is 2.24. The minimum atomic E-state index is 0.109. The second-order valence-corrected chi connectivity index (χ2v) is 4.85. The maximum absolute atomic E-state index is 9.12. The largest absolute Gasteiger partial charge is 0.495 e. The van der Waals surface area contributed by atoms with E-state index in [1.54, 1.807) is 25.6 Å². The summed E-state index contributed by atoms with van der Waals surface area (Å²) in [5.74, 6) is 1.64. The number of nitrogens with zero attached hydrogens (tertiary/aromatic N) is 1. The molecule has 1 N–H and O–H groups in total. The van der Waals surface area contributed by atoms with Crippen molar-refractivity contribution in [2.45, 2.75) is 13.5 Å². The Bertz CT molecular complexity index is 536. The Morgan fingerprint density at radius 1 is 1.24 bits per heavy atom. The van der Waals surface area contributed by atoms with Gasteiger partial charge in [0.05, 0.1) is 14.2 Å². The first kappa shape index (κ1) is 12.1. The highest BCUT2D eigenvalue weighted by molar-refractivity contribution is 7.18. The second-order valence-electron chi connectivity index (χ2n) is 3.64. The third-order valence-corrected chi connectivity index (χ3v) is 3.84. The van der Waals surface area contributed by atoms with Gasteiger partial charge in [-0.1, -0.05) is 11.3 Å². The number of aliphatic hydroxyl groups excluding tert-OH is 1. The number of methoxy groups -OCH3 is 2. The van der Waals surface area contributed by atoms with Crippen molar-refractivity contribution in [2.75, 3.05) is 20.8 Å². The fraction of sp³-hybridized carbons (Fsp3) is 0.417. The lowest BCUT2D eigenvalue weighted by Gasteiger charge is -2.03. The second kappa shape index (κ2) is 4.89. The number of thiazole rings is 1. The molecular weight excluding hydrogens is 238 g/mol. The van der Waals surface area contributed by atoms with Crippen molar-refractivity contribution < 1.29 is 19.1 Å². The molecule has 0 amide bonds. The van der Waals surface area contributed by atoms with Crippen molar-refractivity contribution in [2.24, 2.45) is 0 Å². The van der Waals surface area contributed by atoms with Crippen LogP contribution in [0.15, 0.2) is 12.1 Å². The SMILES string of the molecule is COc1ccc(OC)c2c1sc(C)[n+]2CCO. The van der Waals surface area contributed by atoms with Gasteiger partial charge in [-0.3, -0.25) is 0 Å². The number of hydrogen-bond donors (Lipinski definition) is 1. The number of hydrogen-bond acceptors (Lipinski definition) is 4. The van der Waals surface area contributed by atoms with Crippen LogP contribution in [0.25, 0.3) is 10.2 Å². The van der Waals surface area contributed by atoms with Gasteiger partial charge in [-0.15, -0.1) is 0 Å². The van der Waals surface area contributed by atoms with Crippen LogP contribution in [-0.2, 0) is 6.54 Å². The van der Waals surface area contributed by atoms with E-state index in [0.29, 0.717) is 6.54 Å². The number of fused-ring (bicyclic) bond motifs is 1. The van der Waals surface area contributed by atoms with E-state index in [1.807, 2.05) is 19.1 Å². The van der Waals surface area contributed by atoms with E-state index in [2.05, 4.69) is 4.57 Å². The molecule has 4 nitrogen and oxygen atoms in total. The highest BCUT2D eigenvalue weighted by atomic mass is 32.1. The van der Waals surface area contributed by atoms with Crippen molar-refractivity contribution >= 4 is 21.6 Å². The molecule has 17 heavy (non-hydrogen) atoms. The van der Waals surface area contributed by atoms with Gasteiger partial charge in [0.25, 0.3) is 5.52 Å². The van der Waals surface area contributed by atoms with Crippen molar-refractivity contribution in [1.29, 1.82) is 0 Å². The van der Waals surface area contributed by atoms with Gasteiger partial charge in [-0.05, 0) is 12.1 Å². The average Bonchev–Trinajstić information content (AvgIpc) is 2.66. The van der Waals surface area contributed by atoms with Gasteiger partial charge in [-0.2, -0.15) is 4.57 Å². The third-order valence-electron chi connectivity index (χ3n) is 2.72. The first-order valence-electron chi connectivity index (χ1n) is 5.37. The van der Waals surface area contributed by atoms with Gasteiger partial charge in [0.2, 0.25) is 5.01 Å². The van der Waals surface area contributed by atoms with Crippen LogP contribution < -0.4 is 14.0 Å². The molecule has 0 saturated carbocycles. The average molecular weight is 254 g/mol. The van der Waals surface area contributed by atoms with Crippen LogP contribution in [-0.4, -0.2) is 25.9 Å². The van der Waals surface area contributed by atoms with E-state index in [9.17, 15) is 0 Å². The monoisotopic (exact) mass is 254 g/mol. The molecule has 1 aromatic heterocycles. The predicted octanol–water partition coefficient (Wildman–Crippen LogP) is 1.51. The summed E-state index contributed by atoms with van der Waals surface area (Å²) in [7, 11) is 3.31. The lowest BCUT2D eigenvalue weighted by Crippen LogP contribution is -2.37. The van der Waals surface area contributed by atoms with E-state index < -0.39 is 0 Å². The van der Waals surface area contributed by atoms with Crippen molar-refractivity contribution in [1.82, 2.24) is 0 Å². The Hall–Kier alpha value is -1.33. The van der Waals surface area contributed by atoms with Crippen LogP contribution in [0.2, 0.25) is 0 Å². The van der Waals surface area contributed by atoms with E-state index in [-0.39, 0.29) is 6.61 Å². The molecular formula is C12H16NO3S+. The standard InChI is InChI=1S/C12H16NO3S/c1-8-13(6-7-14)11-9(15-2)4-5-10(16-3)12(11)17-8/h4-5,14H,6-7H2,1-3H3/q+1. The van der Waals surface area contributed by atoms with Gasteiger partial charge in [0.1, 0.15) is 12.4 Å². The van der Waals surface area contributed by atoms with Crippen LogP contribution in [0.5, 0.6) is 11.5 Å². The Morgan fingerprint density at radius 2 is 1.88 bits per heavy atom. The van der Waals surface area contributed by atoms with Crippen LogP contribution in [0.4, 0.5) is 0 Å². The van der Waals surface area contributed by atoms with Gasteiger partial charge in [0.15, 0.2) is 17.0 Å². The predicted molar refractivity (Wildman–Crippen MR) is 66.9 cm³/mol. The molecule has 0 aliphatic carbocycles. The maximum Gasteiger partial charge on any atom is 0.269 e. The summed E-state index contributed by atoms with van der Waals surface area (Å²) in [5, 5.41) is 10.2. The Balaban J connectivity index is 2.76. The molecule has 0 bridgehead atoms. The number of rotatable bonds is 4. The summed E-state index contributed by atoms with van der Waals surface area (Å²) >= 11 is 1.65. The van der Waals surface area contributed by atoms with Crippen LogP contribution >= 0.6 is 11.3 Å². The first-order chi connectivity index (χ1) is 8.22. The fourth-order valence-electron chi connectivity index (χ4n) is 1.94. The van der Waals surface area contributed by atoms with Gasteiger partial charge in [-0.25, -0.2) is 0 Å². The number of aromatic nitrogens is 1. The highest BCUT2D eigenvalue weighted by Crippen LogP contribution is 2.35. The summed E-state index contributed by atoms with van der Waals surface area (Å²) in [5.41, 5.74) is 0.989. The zero-order chi connectivity index (χ0) is 12.4. The summed E-state index contributed by atoms with van der Waals surface area (Å²) < 4.78 is 13.8. The molecule has 1 heterocycles. The molecule has 1 aromatic carbocycles. The molecule has 0 aliphatic rings. The summed E-state index contributed by atoms with van der Waals surface area (Å²) in [6.45, 7) is 2.70. The van der Waals surface area contributed by atoms with Crippen LogP contribution in [0, 0.1) is 6.92 Å². The molecule has 0 spiro atoms. The number of aliphatic hydroxyl groups is 1. The molecule has 0 fully saturated rings. The fourth-order valence-corrected chi connectivity index (χ4v) is 3.09. The molecule has 0 unspecified atom stereocenters. The number of benzene rings is 1. The molecule has 0 atom stereocenters. The zero-order valence-corrected chi connectivity index (χ0v) is 11.0. The molecule has 0 aliphatic heterocycles. The van der Waals surface area contributed by atoms with Crippen molar-refractivity contribution in [3.05, 3.63) is 17.1 Å². The molecule has 2 aromatic rings. The van der Waals surface area contributed by atoms with Crippen LogP contribution in [0.3, 0.4) is 0 Å². The van der Waals surface area contributed by atoms with Gasteiger partial charge < -0.3 is 14.6 Å². The first-order valence-corrected chi connectivity index (χ1v) is 6.19. The summed E-state index contributed by atoms with van der Waals surface area (Å²) in [4.78, 5) is 0. The van der Waals surface area contributed by atoms with Crippen molar-refractivity contribution in [3.63, 3.8) is 0 Å². The van der Waals surface area contributed by atoms with E-state index in [4.69, 9.17) is 14.6 Å². The molecule has 92 valence electrons. The molecule has 0 saturated heterocycles. The van der Waals surface area contributed by atoms with Crippen LogP contribution in [0.1, 0.15) is 5.01 Å². The normalized spacial score (nSPS) is 10.8. The smallest absolute Gasteiger partial charge is 0.269 e. The lowest BCUT2D eigenvalue weighted by atomic mass is 10.3. The van der Waals surface area contributed by atoms with E-state index in [1.165, 1.54) is 0 Å². The van der Waals surface area contributed by atoms with E-state index in [0.717, 1.165) is 26.7 Å². The minimum absolute atomic E-state index is 0.109. The van der Waals surface area contributed by atoms with Crippen molar-refractivity contribution in [3.8, 4) is 11.5 Å². The number of ether oxygens (including phenoxy) is 2. The number of aryl methyl sites for hydroxylation is 1. The maximum atomic E-state index is 9.12. The Morgan fingerprint density at radius 3 is 2.47 bits per heavy atom. The Labute approximate surface area is 104 Å². The summed E-state index contributed by atoms with van der Waals surface area (Å²) in [6, 6.07) is 3.79. The molecule has 0 radical (unpaired) electrons. The van der Waals surface area contributed by atoms with E-state index >= 15 is 0 Å². The van der Waals surface area contributed by atoms with Gasteiger partial charge >= 0.3 is 0 Å². The minimum Gasteiger partial charge on any atom is -0.495 e. The summed E-state index contributed by atoms with van der Waals surface area (Å²) in [6.07, 6.45) is 0. The lowest BCUT2D eigenvalue weighted by molar-refractivity contribution is -0.674. The van der Waals surface area contributed by atoms with Gasteiger partial charge in [0, 0.05) is 6.92 Å². The third kappa shape index (κ3) is 1.96. The topological polar surface area (TPSA) is 42.6 Å². The quantitative estimate of drug-likeness (QED) is 0.841. The Kier molecular flexibility index (Phi) is 3.49. The molecule has 2 rings (SSSR count).